The number of anilines is 2. The highest BCUT2D eigenvalue weighted by Crippen LogP contribution is 2.18. The number of amides is 1. The highest BCUT2D eigenvalue weighted by molar-refractivity contribution is 6.32. The van der Waals surface area contributed by atoms with E-state index in [-0.39, 0.29) is 16.3 Å². The Morgan fingerprint density at radius 1 is 1.25 bits per heavy atom. The molecule has 0 radical (unpaired) electrons. The lowest BCUT2D eigenvalue weighted by molar-refractivity contribution is -0.112. The van der Waals surface area contributed by atoms with E-state index in [0.29, 0.717) is 11.4 Å². The molecule has 0 saturated carbocycles. The van der Waals surface area contributed by atoms with Crippen LogP contribution in [0.3, 0.4) is 0 Å². The Kier molecular flexibility index (Phi) is 5.49. The second kappa shape index (κ2) is 7.76. The van der Waals surface area contributed by atoms with Crippen LogP contribution in [-0.4, -0.2) is 22.0 Å². The lowest BCUT2D eigenvalue weighted by Crippen LogP contribution is -2.14. The third-order valence-electron chi connectivity index (χ3n) is 2.89. The third-order valence-corrected chi connectivity index (χ3v) is 3.19. The molecule has 8 heteroatoms. The first-order valence-corrected chi connectivity index (χ1v) is 7.01. The normalized spacial score (nSPS) is 10.6. The Balaban J connectivity index is 2.08. The number of carboxylic acids is 1. The monoisotopic (exact) mass is 342 g/mol. The van der Waals surface area contributed by atoms with Crippen LogP contribution in [0, 0.1) is 11.3 Å². The molecular formula is C16H11ClN4O3. The van der Waals surface area contributed by atoms with Gasteiger partial charge in [-0.3, -0.25) is 4.79 Å². The zero-order valence-electron chi connectivity index (χ0n) is 12.2. The molecule has 0 aliphatic heterocycles. The summed E-state index contributed by atoms with van der Waals surface area (Å²) in [5, 5.41) is 23.4. The number of carbonyl (C=O) groups excluding carboxylic acids is 1. The van der Waals surface area contributed by atoms with Gasteiger partial charge in [-0.2, -0.15) is 5.26 Å². The second-order valence-corrected chi connectivity index (χ2v) is 4.85. The van der Waals surface area contributed by atoms with Crippen molar-refractivity contribution in [2.24, 2.45) is 0 Å². The zero-order chi connectivity index (χ0) is 17.5. The number of hydrogen-bond acceptors (Lipinski definition) is 5. The summed E-state index contributed by atoms with van der Waals surface area (Å²) < 4.78 is 0. The average Bonchev–Trinajstić information content (AvgIpc) is 2.57. The van der Waals surface area contributed by atoms with E-state index in [1.54, 1.807) is 18.2 Å². The number of aromatic carboxylic acids is 1. The average molecular weight is 343 g/mol. The van der Waals surface area contributed by atoms with Crippen LogP contribution in [-0.2, 0) is 4.79 Å². The van der Waals surface area contributed by atoms with Crippen LogP contribution < -0.4 is 10.6 Å². The summed E-state index contributed by atoms with van der Waals surface area (Å²) in [5.41, 5.74) is 0.727. The van der Waals surface area contributed by atoms with Crippen LogP contribution in [0.1, 0.15) is 10.4 Å². The largest absolute Gasteiger partial charge is 0.478 e. The van der Waals surface area contributed by atoms with Crippen LogP contribution in [0.2, 0.25) is 5.15 Å². The number of halogens is 1. The van der Waals surface area contributed by atoms with Gasteiger partial charge < -0.3 is 15.7 Å². The number of hydrogen-bond donors (Lipinski definition) is 3. The van der Waals surface area contributed by atoms with Gasteiger partial charge in [0.1, 0.15) is 11.6 Å². The summed E-state index contributed by atoms with van der Waals surface area (Å²) in [7, 11) is 0. The van der Waals surface area contributed by atoms with Gasteiger partial charge in [0, 0.05) is 18.1 Å². The lowest BCUT2D eigenvalue weighted by Gasteiger charge is -2.06. The first-order valence-electron chi connectivity index (χ1n) is 6.63. The van der Waals surface area contributed by atoms with Crippen molar-refractivity contribution >= 4 is 34.9 Å². The van der Waals surface area contributed by atoms with Crippen molar-refractivity contribution in [3.8, 4) is 6.07 Å². The van der Waals surface area contributed by atoms with Crippen LogP contribution in [0.25, 0.3) is 0 Å². The Labute approximate surface area is 142 Å². The number of rotatable bonds is 5. The summed E-state index contributed by atoms with van der Waals surface area (Å²) in [4.78, 5) is 26.7. The minimum Gasteiger partial charge on any atom is -0.478 e. The molecule has 1 aromatic heterocycles. The number of carboxylic acid groups (broad SMARTS) is 1. The molecule has 0 unspecified atom stereocenters. The van der Waals surface area contributed by atoms with Gasteiger partial charge in [-0.15, -0.1) is 0 Å². The standard InChI is InChI=1S/C16H11ClN4O3/c17-14-13(2-1-7-19-14)20-9-11(8-18)15(22)21-12-5-3-10(4-6-12)16(23)24/h1-7,9,20H,(H,21,22)(H,23,24)/b11-9-. The molecular weight excluding hydrogens is 332 g/mol. The summed E-state index contributed by atoms with van der Waals surface area (Å²) in [6, 6.07) is 10.6. The molecule has 1 aromatic carbocycles. The van der Waals surface area contributed by atoms with Gasteiger partial charge >= 0.3 is 5.97 Å². The molecule has 0 atom stereocenters. The number of aromatic nitrogens is 1. The van der Waals surface area contributed by atoms with Gasteiger partial charge in [0.05, 0.1) is 11.3 Å². The molecule has 2 rings (SSSR count). The highest BCUT2D eigenvalue weighted by Gasteiger charge is 2.10. The predicted molar refractivity (Wildman–Crippen MR) is 88.6 cm³/mol. The molecule has 0 aliphatic rings. The number of nitrogens with zero attached hydrogens (tertiary/aromatic N) is 2. The maximum absolute atomic E-state index is 12.1. The van der Waals surface area contributed by atoms with Crippen molar-refractivity contribution in [3.63, 3.8) is 0 Å². The van der Waals surface area contributed by atoms with Crippen LogP contribution in [0.15, 0.2) is 54.4 Å². The van der Waals surface area contributed by atoms with Gasteiger partial charge in [0.2, 0.25) is 0 Å². The van der Waals surface area contributed by atoms with E-state index in [1.807, 2.05) is 0 Å². The number of carbonyl (C=O) groups is 2. The predicted octanol–water partition coefficient (Wildman–Crippen LogP) is 2.89. The minimum atomic E-state index is -1.07. The van der Waals surface area contributed by atoms with Gasteiger partial charge in [0.15, 0.2) is 5.15 Å². The Hall–Kier alpha value is -3.37. The molecule has 0 saturated heterocycles. The molecule has 0 aliphatic carbocycles. The van der Waals surface area contributed by atoms with Crippen molar-refractivity contribution in [1.82, 2.24) is 4.98 Å². The topological polar surface area (TPSA) is 115 Å². The van der Waals surface area contributed by atoms with Crippen molar-refractivity contribution < 1.29 is 14.7 Å². The van der Waals surface area contributed by atoms with Gasteiger partial charge in [-0.25, -0.2) is 9.78 Å². The van der Waals surface area contributed by atoms with Crippen molar-refractivity contribution in [1.29, 1.82) is 5.26 Å². The maximum atomic E-state index is 12.1. The quantitative estimate of drug-likeness (QED) is 0.437. The Morgan fingerprint density at radius 3 is 2.54 bits per heavy atom. The zero-order valence-corrected chi connectivity index (χ0v) is 12.9. The molecule has 2 aromatic rings. The molecule has 7 nitrogen and oxygen atoms in total. The minimum absolute atomic E-state index is 0.0944. The molecule has 0 spiro atoms. The third kappa shape index (κ3) is 4.32. The van der Waals surface area contributed by atoms with Gasteiger partial charge in [0.25, 0.3) is 5.91 Å². The molecule has 1 heterocycles. The van der Waals surface area contributed by atoms with Crippen LogP contribution in [0.4, 0.5) is 11.4 Å². The molecule has 24 heavy (non-hydrogen) atoms. The van der Waals surface area contributed by atoms with Gasteiger partial charge in [-0.05, 0) is 36.4 Å². The van der Waals surface area contributed by atoms with E-state index in [2.05, 4.69) is 15.6 Å². The fraction of sp³-hybridized carbons (Fsp3) is 0. The molecule has 0 fully saturated rings. The number of pyridine rings is 1. The maximum Gasteiger partial charge on any atom is 0.335 e. The number of benzene rings is 1. The van der Waals surface area contributed by atoms with Crippen LogP contribution >= 0.6 is 11.6 Å². The van der Waals surface area contributed by atoms with E-state index in [9.17, 15) is 9.59 Å². The highest BCUT2D eigenvalue weighted by atomic mass is 35.5. The SMILES string of the molecule is N#C/C(=C/Nc1cccnc1Cl)C(=O)Nc1ccc(C(=O)O)cc1. The lowest BCUT2D eigenvalue weighted by atomic mass is 10.2. The number of nitrogens with one attached hydrogen (secondary N) is 2. The number of nitriles is 1. The van der Waals surface area contributed by atoms with E-state index >= 15 is 0 Å². The van der Waals surface area contributed by atoms with E-state index in [0.717, 1.165) is 0 Å². The first kappa shape index (κ1) is 17.0. The molecule has 120 valence electrons. The van der Waals surface area contributed by atoms with E-state index < -0.39 is 11.9 Å². The first-order chi connectivity index (χ1) is 11.5. The smallest absolute Gasteiger partial charge is 0.335 e. The van der Waals surface area contributed by atoms with Crippen molar-refractivity contribution in [3.05, 3.63) is 65.1 Å². The van der Waals surface area contributed by atoms with Gasteiger partial charge in [-0.1, -0.05) is 11.6 Å². The van der Waals surface area contributed by atoms with E-state index in [4.69, 9.17) is 22.0 Å². The second-order valence-electron chi connectivity index (χ2n) is 4.49. The molecule has 0 bridgehead atoms. The van der Waals surface area contributed by atoms with Crippen LogP contribution in [0.5, 0.6) is 0 Å². The summed E-state index contributed by atoms with van der Waals surface area (Å²) in [5.74, 6) is -1.71. The summed E-state index contributed by atoms with van der Waals surface area (Å²) in [6.45, 7) is 0. The van der Waals surface area contributed by atoms with E-state index in [1.165, 1.54) is 36.7 Å². The van der Waals surface area contributed by atoms with Crippen molar-refractivity contribution in [2.75, 3.05) is 10.6 Å². The fourth-order valence-corrected chi connectivity index (χ4v) is 1.86. The molecule has 1 amide bonds. The summed E-state index contributed by atoms with van der Waals surface area (Å²) >= 11 is 5.87. The summed E-state index contributed by atoms with van der Waals surface area (Å²) in [6.07, 6.45) is 2.72. The molecule has 3 N–H and O–H groups in total. The Morgan fingerprint density at radius 2 is 1.96 bits per heavy atom. The fourth-order valence-electron chi connectivity index (χ4n) is 1.69. The Bertz CT molecular complexity index is 841. The van der Waals surface area contributed by atoms with Crippen molar-refractivity contribution in [2.45, 2.75) is 0 Å².